The van der Waals surface area contributed by atoms with E-state index in [0.717, 1.165) is 12.1 Å². The van der Waals surface area contributed by atoms with Crippen molar-refractivity contribution < 1.29 is 23.9 Å². The van der Waals surface area contributed by atoms with Gasteiger partial charge in [-0.15, -0.1) is 0 Å². The number of hydrogen-bond acceptors (Lipinski definition) is 3. The van der Waals surface area contributed by atoms with Gasteiger partial charge < -0.3 is 15.3 Å². The Morgan fingerprint density at radius 2 is 1.74 bits per heavy atom. The first-order chi connectivity index (χ1) is 10.7. The molecule has 1 unspecified atom stereocenters. The molecule has 126 valence electrons. The van der Waals surface area contributed by atoms with Crippen LogP contribution in [-0.2, 0) is 19.9 Å². The Hall–Kier alpha value is -2.44. The van der Waals surface area contributed by atoms with Gasteiger partial charge in [0.1, 0.15) is 5.82 Å². The molecular weight excluding hydrogens is 303 g/mol. The Balaban J connectivity index is 2.72. The average Bonchev–Trinajstić information content (AvgIpc) is 2.47. The van der Waals surface area contributed by atoms with Crippen LogP contribution < -0.4 is 5.32 Å². The third-order valence-corrected chi connectivity index (χ3v) is 3.53. The Bertz CT molecular complexity index is 586. The summed E-state index contributed by atoms with van der Waals surface area (Å²) >= 11 is 0. The molecule has 23 heavy (non-hydrogen) atoms. The molecule has 0 spiro atoms. The predicted molar refractivity (Wildman–Crippen MR) is 82.1 cm³/mol. The molecule has 2 amide bonds. The summed E-state index contributed by atoms with van der Waals surface area (Å²) in [6.45, 7) is 1.34. The van der Waals surface area contributed by atoms with Crippen molar-refractivity contribution in [1.82, 2.24) is 10.2 Å². The largest absolute Gasteiger partial charge is 0.479 e. The highest BCUT2D eigenvalue weighted by Gasteiger charge is 2.36. The molecular formula is C16H21FN2O4. The quantitative estimate of drug-likeness (QED) is 0.796. The molecule has 0 fully saturated rings. The normalized spacial score (nSPS) is 13.0. The third-order valence-electron chi connectivity index (χ3n) is 3.53. The van der Waals surface area contributed by atoms with E-state index in [4.69, 9.17) is 0 Å². The molecule has 0 aliphatic carbocycles. The standard InChI is InChI=1S/C16H21FN2O4/c1-16(15(22)23,11-7-9-12(17)10-8-11)18-13(20)5-4-6-14(21)19(2)3/h7-10H,4-6H2,1-3H3,(H,18,20)(H,22,23). The maximum Gasteiger partial charge on any atom is 0.333 e. The minimum Gasteiger partial charge on any atom is -0.479 e. The summed E-state index contributed by atoms with van der Waals surface area (Å²) in [5, 5.41) is 11.9. The first-order valence-corrected chi connectivity index (χ1v) is 7.17. The zero-order chi connectivity index (χ0) is 17.6. The van der Waals surface area contributed by atoms with E-state index in [2.05, 4.69) is 5.32 Å². The second-order valence-electron chi connectivity index (χ2n) is 5.63. The number of aliphatic carboxylic acids is 1. The number of carbonyl (C=O) groups excluding carboxylic acids is 2. The minimum atomic E-state index is -1.66. The second-order valence-corrected chi connectivity index (χ2v) is 5.63. The number of amides is 2. The van der Waals surface area contributed by atoms with E-state index in [1.165, 1.54) is 24.0 Å². The van der Waals surface area contributed by atoms with Gasteiger partial charge >= 0.3 is 5.97 Å². The molecule has 0 saturated heterocycles. The van der Waals surface area contributed by atoms with E-state index in [0.29, 0.717) is 6.42 Å². The molecule has 1 rings (SSSR count). The highest BCUT2D eigenvalue weighted by atomic mass is 19.1. The first kappa shape index (κ1) is 18.6. The highest BCUT2D eigenvalue weighted by molar-refractivity contribution is 5.88. The van der Waals surface area contributed by atoms with Crippen LogP contribution in [0.2, 0.25) is 0 Å². The maximum absolute atomic E-state index is 13.0. The van der Waals surface area contributed by atoms with Gasteiger partial charge in [-0.1, -0.05) is 12.1 Å². The maximum atomic E-state index is 13.0. The molecule has 0 aliphatic rings. The molecule has 0 bridgehead atoms. The molecule has 6 nitrogen and oxygen atoms in total. The highest BCUT2D eigenvalue weighted by Crippen LogP contribution is 2.22. The van der Waals surface area contributed by atoms with Gasteiger partial charge in [-0.3, -0.25) is 9.59 Å². The molecule has 1 atom stereocenters. The van der Waals surface area contributed by atoms with Gasteiger partial charge in [-0.25, -0.2) is 9.18 Å². The van der Waals surface area contributed by atoms with E-state index in [1.807, 2.05) is 0 Å². The summed E-state index contributed by atoms with van der Waals surface area (Å²) in [7, 11) is 3.25. The monoisotopic (exact) mass is 324 g/mol. The number of nitrogens with zero attached hydrogens (tertiary/aromatic N) is 1. The van der Waals surface area contributed by atoms with Crippen LogP contribution >= 0.6 is 0 Å². The molecule has 1 aromatic rings. The summed E-state index contributed by atoms with van der Waals surface area (Å²) in [4.78, 5) is 36.4. The van der Waals surface area contributed by atoms with E-state index in [1.54, 1.807) is 14.1 Å². The Morgan fingerprint density at radius 1 is 1.17 bits per heavy atom. The summed E-state index contributed by atoms with van der Waals surface area (Å²) in [6, 6.07) is 4.91. The predicted octanol–water partition coefficient (Wildman–Crippen LogP) is 1.50. The topological polar surface area (TPSA) is 86.7 Å². The third kappa shape index (κ3) is 5.05. The minimum absolute atomic E-state index is 0.0314. The van der Waals surface area contributed by atoms with Gasteiger partial charge in [0.2, 0.25) is 11.8 Å². The van der Waals surface area contributed by atoms with Crippen LogP contribution in [0, 0.1) is 5.82 Å². The van der Waals surface area contributed by atoms with E-state index < -0.39 is 23.2 Å². The lowest BCUT2D eigenvalue weighted by Gasteiger charge is -2.27. The fourth-order valence-corrected chi connectivity index (χ4v) is 2.00. The van der Waals surface area contributed by atoms with Crippen LogP contribution in [-0.4, -0.2) is 41.9 Å². The van der Waals surface area contributed by atoms with Crippen LogP contribution in [0.1, 0.15) is 31.7 Å². The van der Waals surface area contributed by atoms with E-state index in [9.17, 15) is 23.9 Å². The molecule has 7 heteroatoms. The van der Waals surface area contributed by atoms with Gasteiger partial charge in [-0.05, 0) is 31.0 Å². The lowest BCUT2D eigenvalue weighted by Crippen LogP contribution is -2.49. The molecule has 2 N–H and O–H groups in total. The molecule has 0 radical (unpaired) electrons. The van der Waals surface area contributed by atoms with Gasteiger partial charge in [0, 0.05) is 26.9 Å². The van der Waals surface area contributed by atoms with Gasteiger partial charge in [0.25, 0.3) is 0 Å². The van der Waals surface area contributed by atoms with Crippen LogP contribution in [0.5, 0.6) is 0 Å². The van der Waals surface area contributed by atoms with Crippen molar-refractivity contribution in [2.24, 2.45) is 0 Å². The van der Waals surface area contributed by atoms with Crippen LogP contribution in [0.25, 0.3) is 0 Å². The summed E-state index contributed by atoms with van der Waals surface area (Å²) in [5.74, 6) is -2.32. The lowest BCUT2D eigenvalue weighted by atomic mass is 9.91. The van der Waals surface area contributed by atoms with Crippen molar-refractivity contribution in [2.75, 3.05) is 14.1 Å². The summed E-state index contributed by atoms with van der Waals surface area (Å²) in [5.41, 5.74) is -1.39. The number of carbonyl (C=O) groups is 3. The zero-order valence-electron chi connectivity index (χ0n) is 13.4. The zero-order valence-corrected chi connectivity index (χ0v) is 13.4. The number of halogens is 1. The van der Waals surface area contributed by atoms with Crippen LogP contribution in [0.3, 0.4) is 0 Å². The number of rotatable bonds is 7. The molecule has 0 aromatic heterocycles. The number of carboxylic acid groups (broad SMARTS) is 1. The smallest absolute Gasteiger partial charge is 0.333 e. The van der Waals surface area contributed by atoms with Crippen molar-refractivity contribution in [2.45, 2.75) is 31.7 Å². The van der Waals surface area contributed by atoms with E-state index >= 15 is 0 Å². The van der Waals surface area contributed by atoms with Crippen molar-refractivity contribution >= 4 is 17.8 Å². The Labute approximate surface area is 134 Å². The summed E-state index contributed by atoms with van der Waals surface area (Å²) < 4.78 is 13.0. The van der Waals surface area contributed by atoms with Gasteiger partial charge in [0.15, 0.2) is 5.54 Å². The summed E-state index contributed by atoms with van der Waals surface area (Å²) in [6.07, 6.45) is 0.562. The fourth-order valence-electron chi connectivity index (χ4n) is 2.00. The van der Waals surface area contributed by atoms with Crippen molar-refractivity contribution in [3.63, 3.8) is 0 Å². The van der Waals surface area contributed by atoms with Gasteiger partial charge in [0.05, 0.1) is 0 Å². The Kier molecular flexibility index (Phi) is 6.24. The molecule has 1 aromatic carbocycles. The number of nitrogens with one attached hydrogen (secondary N) is 1. The Morgan fingerprint density at radius 3 is 2.22 bits per heavy atom. The molecule has 0 aliphatic heterocycles. The van der Waals surface area contributed by atoms with Crippen molar-refractivity contribution in [3.8, 4) is 0 Å². The number of benzene rings is 1. The SMILES string of the molecule is CN(C)C(=O)CCCC(=O)NC(C)(C(=O)O)c1ccc(F)cc1. The van der Waals surface area contributed by atoms with Gasteiger partial charge in [-0.2, -0.15) is 0 Å². The average molecular weight is 324 g/mol. The number of carboxylic acids is 1. The first-order valence-electron chi connectivity index (χ1n) is 7.17. The number of hydrogen-bond donors (Lipinski definition) is 2. The fraction of sp³-hybridized carbons (Fsp3) is 0.438. The van der Waals surface area contributed by atoms with Crippen LogP contribution in [0.15, 0.2) is 24.3 Å². The van der Waals surface area contributed by atoms with Crippen LogP contribution in [0.4, 0.5) is 4.39 Å². The van der Waals surface area contributed by atoms with Crippen molar-refractivity contribution in [1.29, 1.82) is 0 Å². The second kappa shape index (κ2) is 7.71. The molecule has 0 heterocycles. The van der Waals surface area contributed by atoms with Crippen molar-refractivity contribution in [3.05, 3.63) is 35.6 Å². The lowest BCUT2D eigenvalue weighted by molar-refractivity contribution is -0.147. The van der Waals surface area contributed by atoms with E-state index in [-0.39, 0.29) is 24.3 Å². The molecule has 0 saturated carbocycles.